The molecule has 96 valence electrons. The van der Waals surface area contributed by atoms with E-state index in [0.29, 0.717) is 12.8 Å². The minimum atomic E-state index is -0.0274. The highest BCUT2D eigenvalue weighted by atomic mass is 79.9. The van der Waals surface area contributed by atoms with Crippen LogP contribution in [0, 0.1) is 6.92 Å². The van der Waals surface area contributed by atoms with E-state index in [2.05, 4.69) is 21.0 Å². The molecule has 0 bridgehead atoms. The third kappa shape index (κ3) is 3.64. The highest BCUT2D eigenvalue weighted by Crippen LogP contribution is 2.22. The van der Waals surface area contributed by atoms with Gasteiger partial charge in [-0.3, -0.25) is 9.48 Å². The molecule has 1 aromatic rings. The monoisotopic (exact) mass is 302 g/mol. The molecule has 0 spiro atoms. The highest BCUT2D eigenvalue weighted by Gasteiger charge is 2.16. The number of carbonyl (C=O) groups is 1. The van der Waals surface area contributed by atoms with Crippen LogP contribution in [0.2, 0.25) is 0 Å². The first-order chi connectivity index (χ1) is 7.99. The van der Waals surface area contributed by atoms with Gasteiger partial charge in [0.2, 0.25) is 0 Å². The van der Waals surface area contributed by atoms with Gasteiger partial charge in [0.25, 0.3) is 0 Å². The second-order valence-corrected chi connectivity index (χ2v) is 4.92. The van der Waals surface area contributed by atoms with Crippen molar-refractivity contribution in [3.8, 4) is 0 Å². The smallest absolute Gasteiger partial charge is 0.141 e. The van der Waals surface area contributed by atoms with Gasteiger partial charge in [0.15, 0.2) is 0 Å². The molecule has 0 amide bonds. The molecule has 1 rings (SSSR count). The highest BCUT2D eigenvalue weighted by molar-refractivity contribution is 9.10. The predicted molar refractivity (Wildman–Crippen MR) is 70.1 cm³/mol. The van der Waals surface area contributed by atoms with Gasteiger partial charge in [-0.1, -0.05) is 0 Å². The molecule has 17 heavy (non-hydrogen) atoms. The van der Waals surface area contributed by atoms with Crippen molar-refractivity contribution in [3.63, 3.8) is 0 Å². The lowest BCUT2D eigenvalue weighted by molar-refractivity contribution is -0.120. The minimum absolute atomic E-state index is 0.0274. The Morgan fingerprint density at radius 2 is 2.24 bits per heavy atom. The molecule has 4 nitrogen and oxygen atoms in total. The summed E-state index contributed by atoms with van der Waals surface area (Å²) in [5.41, 5.74) is 1.88. The van der Waals surface area contributed by atoms with Gasteiger partial charge in [-0.15, -0.1) is 0 Å². The Kier molecular flexibility index (Phi) is 5.33. The molecule has 0 saturated carbocycles. The summed E-state index contributed by atoms with van der Waals surface area (Å²) in [6.07, 6.45) is 0.820. The number of hydrogen-bond acceptors (Lipinski definition) is 3. The second kappa shape index (κ2) is 6.31. The van der Waals surface area contributed by atoms with E-state index in [1.807, 2.05) is 25.5 Å². The molecule has 0 fully saturated rings. The van der Waals surface area contributed by atoms with Crippen LogP contribution in [-0.4, -0.2) is 28.8 Å². The average Bonchev–Trinajstić information content (AvgIpc) is 2.56. The number of rotatable bonds is 6. The van der Waals surface area contributed by atoms with Crippen molar-refractivity contribution in [2.75, 3.05) is 7.11 Å². The number of ether oxygens (including phenoxy) is 1. The summed E-state index contributed by atoms with van der Waals surface area (Å²) in [6.45, 7) is 6.62. The fourth-order valence-corrected chi connectivity index (χ4v) is 2.12. The first-order valence-electron chi connectivity index (χ1n) is 5.75. The average molecular weight is 303 g/mol. The number of methoxy groups -OCH3 is 1. The lowest BCUT2D eigenvalue weighted by Gasteiger charge is -2.09. The van der Waals surface area contributed by atoms with Crippen LogP contribution >= 0.6 is 15.9 Å². The van der Waals surface area contributed by atoms with Gasteiger partial charge in [-0.2, -0.15) is 5.10 Å². The van der Waals surface area contributed by atoms with E-state index in [4.69, 9.17) is 4.74 Å². The van der Waals surface area contributed by atoms with Gasteiger partial charge in [0, 0.05) is 26.5 Å². The molecular weight excluding hydrogens is 284 g/mol. The zero-order valence-electron chi connectivity index (χ0n) is 10.8. The van der Waals surface area contributed by atoms with E-state index in [-0.39, 0.29) is 11.9 Å². The standard InChI is InChI=1S/C12H19BrN2O2/c1-5-15-11(12(13)9(3)14-15)7-10(16)6-8(2)17-4/h8H,5-7H2,1-4H3. The first kappa shape index (κ1) is 14.4. The van der Waals surface area contributed by atoms with E-state index < -0.39 is 0 Å². The van der Waals surface area contributed by atoms with Crippen molar-refractivity contribution < 1.29 is 9.53 Å². The number of nitrogens with zero attached hydrogens (tertiary/aromatic N) is 2. The van der Waals surface area contributed by atoms with Crippen LogP contribution in [0.5, 0.6) is 0 Å². The SMILES string of the molecule is CCn1nc(C)c(Br)c1CC(=O)CC(C)OC. The number of carbonyl (C=O) groups excluding carboxylic acids is 1. The molecule has 0 aromatic carbocycles. The minimum Gasteiger partial charge on any atom is -0.381 e. The number of ketones is 1. The molecule has 0 radical (unpaired) electrons. The van der Waals surface area contributed by atoms with Crippen LogP contribution in [0.15, 0.2) is 4.47 Å². The fourth-order valence-electron chi connectivity index (χ4n) is 1.70. The Balaban J connectivity index is 2.77. The van der Waals surface area contributed by atoms with Gasteiger partial charge >= 0.3 is 0 Å². The van der Waals surface area contributed by atoms with Crippen LogP contribution in [0.3, 0.4) is 0 Å². The number of Topliss-reactive ketones (excluding diaryl/α,β-unsaturated/α-hetero) is 1. The molecule has 0 aliphatic carbocycles. The number of hydrogen-bond donors (Lipinski definition) is 0. The summed E-state index contributed by atoms with van der Waals surface area (Å²) in [7, 11) is 1.62. The van der Waals surface area contributed by atoms with Crippen molar-refractivity contribution in [1.82, 2.24) is 9.78 Å². The number of halogens is 1. The van der Waals surface area contributed by atoms with Crippen molar-refractivity contribution in [1.29, 1.82) is 0 Å². The third-order valence-electron chi connectivity index (χ3n) is 2.73. The van der Waals surface area contributed by atoms with Gasteiger partial charge in [-0.05, 0) is 36.7 Å². The van der Waals surface area contributed by atoms with Crippen molar-refractivity contribution >= 4 is 21.7 Å². The van der Waals surface area contributed by atoms with Crippen LogP contribution in [0.1, 0.15) is 31.7 Å². The summed E-state index contributed by atoms with van der Waals surface area (Å²) in [6, 6.07) is 0. The van der Waals surface area contributed by atoms with E-state index in [9.17, 15) is 4.79 Å². The number of aromatic nitrogens is 2. The summed E-state index contributed by atoms with van der Waals surface area (Å²) in [5, 5.41) is 4.37. The predicted octanol–water partition coefficient (Wildman–Crippen LogP) is 2.51. The molecule has 5 heteroatoms. The molecule has 1 unspecified atom stereocenters. The molecular formula is C12H19BrN2O2. The van der Waals surface area contributed by atoms with Crippen molar-refractivity contribution in [2.24, 2.45) is 0 Å². The zero-order chi connectivity index (χ0) is 13.0. The van der Waals surface area contributed by atoms with E-state index in [1.54, 1.807) is 7.11 Å². The third-order valence-corrected chi connectivity index (χ3v) is 3.77. The van der Waals surface area contributed by atoms with Gasteiger partial charge in [-0.25, -0.2) is 0 Å². The normalized spacial score (nSPS) is 12.8. The molecule has 1 aromatic heterocycles. The fraction of sp³-hybridized carbons (Fsp3) is 0.667. The molecule has 1 atom stereocenters. The molecule has 1 heterocycles. The van der Waals surface area contributed by atoms with Crippen molar-refractivity contribution in [3.05, 3.63) is 15.9 Å². The maximum atomic E-state index is 11.9. The maximum Gasteiger partial charge on any atom is 0.141 e. The Labute approximate surface area is 110 Å². The summed E-state index contributed by atoms with van der Waals surface area (Å²) < 4.78 is 7.91. The molecule has 0 aliphatic rings. The molecule has 0 saturated heterocycles. The first-order valence-corrected chi connectivity index (χ1v) is 6.55. The quantitative estimate of drug-likeness (QED) is 0.811. The largest absolute Gasteiger partial charge is 0.381 e. The summed E-state index contributed by atoms with van der Waals surface area (Å²) in [4.78, 5) is 11.9. The Morgan fingerprint density at radius 1 is 1.59 bits per heavy atom. The molecule has 0 N–H and O–H groups in total. The zero-order valence-corrected chi connectivity index (χ0v) is 12.4. The van der Waals surface area contributed by atoms with E-state index in [0.717, 1.165) is 22.4 Å². The lowest BCUT2D eigenvalue weighted by atomic mass is 10.1. The topological polar surface area (TPSA) is 44.1 Å². The van der Waals surface area contributed by atoms with Crippen molar-refractivity contribution in [2.45, 2.75) is 46.3 Å². The Hall–Kier alpha value is -0.680. The van der Waals surface area contributed by atoms with Crippen LogP contribution < -0.4 is 0 Å². The lowest BCUT2D eigenvalue weighted by Crippen LogP contribution is -2.16. The van der Waals surface area contributed by atoms with E-state index >= 15 is 0 Å². The second-order valence-electron chi connectivity index (χ2n) is 4.13. The summed E-state index contributed by atoms with van der Waals surface area (Å²) in [5.74, 6) is 0.176. The van der Waals surface area contributed by atoms with E-state index in [1.165, 1.54) is 0 Å². The van der Waals surface area contributed by atoms with Crippen LogP contribution in [-0.2, 0) is 22.5 Å². The van der Waals surface area contributed by atoms with Gasteiger partial charge in [0.05, 0.1) is 22.0 Å². The maximum absolute atomic E-state index is 11.9. The Bertz CT molecular complexity index is 401. The Morgan fingerprint density at radius 3 is 2.76 bits per heavy atom. The summed E-state index contributed by atoms with van der Waals surface area (Å²) >= 11 is 3.49. The van der Waals surface area contributed by atoms with Crippen LogP contribution in [0.25, 0.3) is 0 Å². The van der Waals surface area contributed by atoms with Crippen LogP contribution in [0.4, 0.5) is 0 Å². The number of aryl methyl sites for hydroxylation is 2. The van der Waals surface area contributed by atoms with Gasteiger partial charge < -0.3 is 4.74 Å². The van der Waals surface area contributed by atoms with Gasteiger partial charge in [0.1, 0.15) is 5.78 Å². The molecule has 0 aliphatic heterocycles.